The van der Waals surface area contributed by atoms with Gasteiger partial charge in [0.2, 0.25) is 0 Å². The predicted molar refractivity (Wildman–Crippen MR) is 52.7 cm³/mol. The molecule has 0 aromatic rings. The molecule has 0 amide bonds. The summed E-state index contributed by atoms with van der Waals surface area (Å²) in [5, 5.41) is 13.0. The van der Waals surface area contributed by atoms with Crippen LogP contribution in [0.25, 0.3) is 0 Å². The van der Waals surface area contributed by atoms with Gasteiger partial charge in [-0.15, -0.1) is 0 Å². The van der Waals surface area contributed by atoms with E-state index in [1.165, 1.54) is 38.8 Å². The minimum atomic E-state index is -0.141. The SMILES string of the molecule is OC1CNCC1N1CCCCCC1. The van der Waals surface area contributed by atoms with Gasteiger partial charge in [0.15, 0.2) is 0 Å². The summed E-state index contributed by atoms with van der Waals surface area (Å²) in [6.07, 6.45) is 5.21. The van der Waals surface area contributed by atoms with Crippen LogP contribution in [0.5, 0.6) is 0 Å². The van der Waals surface area contributed by atoms with Crippen LogP contribution in [0.2, 0.25) is 0 Å². The highest BCUT2D eigenvalue weighted by atomic mass is 16.3. The lowest BCUT2D eigenvalue weighted by atomic mass is 10.2. The molecule has 2 rings (SSSR count). The first-order chi connectivity index (χ1) is 6.38. The monoisotopic (exact) mass is 184 g/mol. The van der Waals surface area contributed by atoms with E-state index in [9.17, 15) is 5.11 Å². The minimum absolute atomic E-state index is 0.141. The number of rotatable bonds is 1. The Bertz CT molecular complexity index is 155. The summed E-state index contributed by atoms with van der Waals surface area (Å²) in [5.74, 6) is 0. The highest BCUT2D eigenvalue weighted by molar-refractivity contribution is 4.88. The van der Waals surface area contributed by atoms with Crippen molar-refractivity contribution in [2.75, 3.05) is 26.2 Å². The first kappa shape index (κ1) is 9.44. The molecule has 0 bridgehead atoms. The highest BCUT2D eigenvalue weighted by Gasteiger charge is 2.30. The fourth-order valence-electron chi connectivity index (χ4n) is 2.45. The molecule has 2 aliphatic heterocycles. The van der Waals surface area contributed by atoms with Gasteiger partial charge in [-0.2, -0.15) is 0 Å². The van der Waals surface area contributed by atoms with E-state index in [0.29, 0.717) is 6.04 Å². The van der Waals surface area contributed by atoms with E-state index in [4.69, 9.17) is 0 Å². The average molecular weight is 184 g/mol. The van der Waals surface area contributed by atoms with Gasteiger partial charge >= 0.3 is 0 Å². The highest BCUT2D eigenvalue weighted by Crippen LogP contribution is 2.16. The summed E-state index contributed by atoms with van der Waals surface area (Å²) in [7, 11) is 0. The van der Waals surface area contributed by atoms with E-state index in [2.05, 4.69) is 10.2 Å². The van der Waals surface area contributed by atoms with Gasteiger partial charge in [0.25, 0.3) is 0 Å². The van der Waals surface area contributed by atoms with Crippen LogP contribution in [0.3, 0.4) is 0 Å². The van der Waals surface area contributed by atoms with Crippen LogP contribution in [0, 0.1) is 0 Å². The van der Waals surface area contributed by atoms with Crippen LogP contribution < -0.4 is 5.32 Å². The smallest absolute Gasteiger partial charge is 0.0831 e. The van der Waals surface area contributed by atoms with Crippen molar-refractivity contribution in [1.29, 1.82) is 0 Å². The van der Waals surface area contributed by atoms with Crippen LogP contribution in [0.15, 0.2) is 0 Å². The molecule has 0 spiro atoms. The molecule has 2 heterocycles. The van der Waals surface area contributed by atoms with E-state index >= 15 is 0 Å². The molecule has 2 atom stereocenters. The number of likely N-dealkylation sites (tertiary alicyclic amines) is 1. The zero-order valence-corrected chi connectivity index (χ0v) is 8.21. The van der Waals surface area contributed by atoms with Crippen molar-refractivity contribution < 1.29 is 5.11 Å². The molecular weight excluding hydrogens is 164 g/mol. The number of nitrogens with one attached hydrogen (secondary N) is 1. The van der Waals surface area contributed by atoms with Crippen molar-refractivity contribution >= 4 is 0 Å². The molecule has 0 saturated carbocycles. The van der Waals surface area contributed by atoms with Gasteiger partial charge in [0.1, 0.15) is 0 Å². The molecule has 2 unspecified atom stereocenters. The maximum Gasteiger partial charge on any atom is 0.0831 e. The van der Waals surface area contributed by atoms with Crippen LogP contribution in [-0.4, -0.2) is 48.3 Å². The molecule has 0 radical (unpaired) electrons. The standard InChI is InChI=1S/C10H20N2O/c13-10-8-11-7-9(10)12-5-3-1-2-4-6-12/h9-11,13H,1-8H2. The number of aliphatic hydroxyl groups is 1. The lowest BCUT2D eigenvalue weighted by molar-refractivity contribution is 0.0853. The summed E-state index contributed by atoms with van der Waals surface area (Å²) in [6, 6.07) is 0.387. The van der Waals surface area contributed by atoms with Crippen LogP contribution >= 0.6 is 0 Å². The molecule has 0 aromatic carbocycles. The quantitative estimate of drug-likeness (QED) is 0.611. The number of hydrogen-bond donors (Lipinski definition) is 2. The first-order valence-electron chi connectivity index (χ1n) is 5.51. The number of nitrogens with zero attached hydrogens (tertiary/aromatic N) is 1. The van der Waals surface area contributed by atoms with Gasteiger partial charge in [0.05, 0.1) is 6.10 Å². The Morgan fingerprint density at radius 2 is 1.69 bits per heavy atom. The number of hydrogen-bond acceptors (Lipinski definition) is 3. The van der Waals surface area contributed by atoms with Crippen molar-refractivity contribution in [3.05, 3.63) is 0 Å². The summed E-state index contributed by atoms with van der Waals surface area (Å²) in [5.41, 5.74) is 0. The molecule has 2 N–H and O–H groups in total. The Balaban J connectivity index is 1.89. The number of aliphatic hydroxyl groups excluding tert-OH is 1. The van der Waals surface area contributed by atoms with Crippen molar-refractivity contribution in [3.8, 4) is 0 Å². The van der Waals surface area contributed by atoms with E-state index in [-0.39, 0.29) is 6.10 Å². The molecule has 3 heteroatoms. The second-order valence-electron chi connectivity index (χ2n) is 4.24. The van der Waals surface area contributed by atoms with Crippen molar-refractivity contribution in [2.45, 2.75) is 37.8 Å². The molecule has 0 aromatic heterocycles. The molecular formula is C10H20N2O. The van der Waals surface area contributed by atoms with Gasteiger partial charge in [-0.3, -0.25) is 4.90 Å². The zero-order chi connectivity index (χ0) is 9.10. The summed E-state index contributed by atoms with van der Waals surface area (Å²) >= 11 is 0. The fraction of sp³-hybridized carbons (Fsp3) is 1.00. The van der Waals surface area contributed by atoms with Gasteiger partial charge in [0, 0.05) is 19.1 Å². The maximum atomic E-state index is 9.73. The predicted octanol–water partition coefficient (Wildman–Crippen LogP) is 0.195. The van der Waals surface area contributed by atoms with Gasteiger partial charge in [-0.25, -0.2) is 0 Å². The largest absolute Gasteiger partial charge is 0.390 e. The molecule has 2 fully saturated rings. The Morgan fingerprint density at radius 1 is 1.00 bits per heavy atom. The topological polar surface area (TPSA) is 35.5 Å². The third-order valence-corrected chi connectivity index (χ3v) is 3.26. The molecule has 3 nitrogen and oxygen atoms in total. The van der Waals surface area contributed by atoms with E-state index in [1.807, 2.05) is 0 Å². The second-order valence-corrected chi connectivity index (χ2v) is 4.24. The summed E-state index contributed by atoms with van der Waals surface area (Å²) in [6.45, 7) is 4.12. The van der Waals surface area contributed by atoms with Crippen molar-refractivity contribution in [3.63, 3.8) is 0 Å². The molecule has 13 heavy (non-hydrogen) atoms. The van der Waals surface area contributed by atoms with Crippen LogP contribution in [-0.2, 0) is 0 Å². The van der Waals surface area contributed by atoms with Gasteiger partial charge < -0.3 is 10.4 Å². The lowest BCUT2D eigenvalue weighted by Gasteiger charge is -2.28. The fourth-order valence-corrected chi connectivity index (χ4v) is 2.45. The average Bonchev–Trinajstić information content (AvgIpc) is 2.43. The van der Waals surface area contributed by atoms with Gasteiger partial charge in [-0.1, -0.05) is 12.8 Å². The maximum absolute atomic E-state index is 9.73. The van der Waals surface area contributed by atoms with Crippen LogP contribution in [0.4, 0.5) is 0 Å². The number of β-amino-alcohol motifs (C(OH)–C–C–N with tert-alkyl or cyclic N) is 1. The van der Waals surface area contributed by atoms with Gasteiger partial charge in [-0.05, 0) is 25.9 Å². The Kier molecular flexibility index (Phi) is 3.19. The molecule has 2 aliphatic rings. The van der Waals surface area contributed by atoms with E-state index in [1.54, 1.807) is 0 Å². The van der Waals surface area contributed by atoms with Crippen molar-refractivity contribution in [2.24, 2.45) is 0 Å². The van der Waals surface area contributed by atoms with Crippen molar-refractivity contribution in [1.82, 2.24) is 10.2 Å². The molecule has 2 saturated heterocycles. The third-order valence-electron chi connectivity index (χ3n) is 3.26. The Morgan fingerprint density at radius 3 is 2.23 bits per heavy atom. The zero-order valence-electron chi connectivity index (χ0n) is 8.21. The Hall–Kier alpha value is -0.120. The minimum Gasteiger partial charge on any atom is -0.390 e. The third kappa shape index (κ3) is 2.22. The molecule has 76 valence electrons. The first-order valence-corrected chi connectivity index (χ1v) is 5.51. The van der Waals surface area contributed by atoms with Crippen LogP contribution in [0.1, 0.15) is 25.7 Å². The normalized spacial score (nSPS) is 37.6. The van der Waals surface area contributed by atoms with E-state index < -0.39 is 0 Å². The molecule has 0 aliphatic carbocycles. The lowest BCUT2D eigenvalue weighted by Crippen LogP contribution is -2.43. The summed E-state index contributed by atoms with van der Waals surface area (Å²) in [4.78, 5) is 2.47. The summed E-state index contributed by atoms with van der Waals surface area (Å²) < 4.78 is 0. The van der Waals surface area contributed by atoms with E-state index in [0.717, 1.165) is 13.1 Å². The Labute approximate surface area is 80.1 Å². The second kappa shape index (κ2) is 4.40.